The summed E-state index contributed by atoms with van der Waals surface area (Å²) in [6.45, 7) is 2.34. The summed E-state index contributed by atoms with van der Waals surface area (Å²) in [6, 6.07) is 16.1. The lowest BCUT2D eigenvalue weighted by Crippen LogP contribution is -2.13. The first-order chi connectivity index (χ1) is 15.8. The Morgan fingerprint density at radius 3 is 2.42 bits per heavy atom. The number of anilines is 2. The van der Waals surface area contributed by atoms with Crippen LogP contribution in [0.5, 0.6) is 11.5 Å². The van der Waals surface area contributed by atoms with Gasteiger partial charge in [-0.2, -0.15) is 0 Å². The van der Waals surface area contributed by atoms with Gasteiger partial charge in [-0.3, -0.25) is 9.52 Å². The van der Waals surface area contributed by atoms with Gasteiger partial charge in [-0.1, -0.05) is 12.1 Å². The minimum atomic E-state index is -3.90. The molecule has 0 unspecified atom stereocenters. The maximum Gasteiger partial charge on any atom is 0.261 e. The van der Waals surface area contributed by atoms with E-state index in [1.807, 2.05) is 6.92 Å². The van der Waals surface area contributed by atoms with Gasteiger partial charge in [0, 0.05) is 11.8 Å². The number of hydrogen-bond donors (Lipinski definition) is 2. The molecule has 172 valence electrons. The first-order valence-corrected chi connectivity index (χ1v) is 11.5. The van der Waals surface area contributed by atoms with Crippen molar-refractivity contribution in [1.29, 1.82) is 0 Å². The van der Waals surface area contributed by atoms with Gasteiger partial charge in [0.25, 0.3) is 10.0 Å². The second kappa shape index (κ2) is 10.6. The fourth-order valence-electron chi connectivity index (χ4n) is 2.90. The van der Waals surface area contributed by atoms with Gasteiger partial charge in [0.2, 0.25) is 5.91 Å². The Morgan fingerprint density at radius 2 is 1.76 bits per heavy atom. The number of rotatable bonds is 9. The van der Waals surface area contributed by atoms with Gasteiger partial charge < -0.3 is 14.8 Å². The lowest BCUT2D eigenvalue weighted by Gasteiger charge is -2.10. The molecule has 0 saturated heterocycles. The first kappa shape index (κ1) is 23.8. The third-order valence-corrected chi connectivity index (χ3v) is 5.82. The summed E-state index contributed by atoms with van der Waals surface area (Å²) in [5.74, 6) is 0.230. The quantitative estimate of drug-likeness (QED) is 0.443. The summed E-state index contributed by atoms with van der Waals surface area (Å²) in [7, 11) is -2.35. The Bertz CT molecular complexity index is 1260. The monoisotopic (exact) mass is 470 g/mol. The average molecular weight is 471 g/mol. The third kappa shape index (κ3) is 6.56. The SMILES string of the molecule is CCOc1cc(C=CC(=O)Nc2ccc(S(=O)(=O)Nc3cccc(F)c3)cc2)ccc1OC. The molecule has 0 spiro atoms. The molecule has 0 aliphatic rings. The Kier molecular flexibility index (Phi) is 7.68. The molecule has 7 nitrogen and oxygen atoms in total. The Morgan fingerprint density at radius 1 is 1.00 bits per heavy atom. The summed E-state index contributed by atoms with van der Waals surface area (Å²) < 4.78 is 51.3. The van der Waals surface area contributed by atoms with Crippen LogP contribution in [0.1, 0.15) is 12.5 Å². The molecule has 0 radical (unpaired) electrons. The third-order valence-electron chi connectivity index (χ3n) is 4.42. The molecule has 33 heavy (non-hydrogen) atoms. The first-order valence-electron chi connectivity index (χ1n) is 9.99. The van der Waals surface area contributed by atoms with Crippen molar-refractivity contribution in [2.75, 3.05) is 23.8 Å². The van der Waals surface area contributed by atoms with Gasteiger partial charge in [-0.05, 0) is 73.2 Å². The molecule has 0 heterocycles. The molecule has 1 amide bonds. The minimum absolute atomic E-state index is 0.0259. The molecule has 0 fully saturated rings. The summed E-state index contributed by atoms with van der Waals surface area (Å²) in [5.41, 5.74) is 1.28. The Balaban J connectivity index is 1.64. The molecular weight excluding hydrogens is 447 g/mol. The zero-order valence-corrected chi connectivity index (χ0v) is 18.9. The van der Waals surface area contributed by atoms with E-state index in [-0.39, 0.29) is 10.6 Å². The molecule has 3 rings (SSSR count). The Labute approximate surface area is 191 Å². The number of methoxy groups -OCH3 is 1. The summed E-state index contributed by atoms with van der Waals surface area (Å²) in [6.07, 6.45) is 2.98. The number of amides is 1. The van der Waals surface area contributed by atoms with E-state index in [1.165, 1.54) is 48.5 Å². The van der Waals surface area contributed by atoms with Crippen LogP contribution < -0.4 is 19.5 Å². The van der Waals surface area contributed by atoms with Gasteiger partial charge in [0.05, 0.1) is 24.3 Å². The van der Waals surface area contributed by atoms with E-state index in [0.717, 1.165) is 11.6 Å². The number of nitrogens with one attached hydrogen (secondary N) is 2. The van der Waals surface area contributed by atoms with Gasteiger partial charge >= 0.3 is 0 Å². The second-order valence-corrected chi connectivity index (χ2v) is 8.49. The predicted molar refractivity (Wildman–Crippen MR) is 125 cm³/mol. The zero-order chi connectivity index (χ0) is 23.8. The van der Waals surface area contributed by atoms with E-state index in [4.69, 9.17) is 9.47 Å². The van der Waals surface area contributed by atoms with Crippen LogP contribution in [0.4, 0.5) is 15.8 Å². The van der Waals surface area contributed by atoms with E-state index in [2.05, 4.69) is 10.0 Å². The number of hydrogen-bond acceptors (Lipinski definition) is 5. The van der Waals surface area contributed by atoms with Crippen molar-refractivity contribution in [3.63, 3.8) is 0 Å². The molecular formula is C24H23FN2O5S. The fourth-order valence-corrected chi connectivity index (χ4v) is 3.95. The molecule has 0 aliphatic carbocycles. The van der Waals surface area contributed by atoms with Crippen molar-refractivity contribution in [3.05, 3.63) is 84.2 Å². The standard InChI is InChI=1S/C24H23FN2O5S/c1-3-32-23-15-17(7-13-22(23)31-2)8-14-24(28)26-19-9-11-21(12-10-19)33(29,30)27-20-6-4-5-18(25)16-20/h4-16,27H,3H2,1-2H3,(H,26,28). The summed E-state index contributed by atoms with van der Waals surface area (Å²) in [5, 5.41) is 2.66. The highest BCUT2D eigenvalue weighted by Gasteiger charge is 2.14. The number of sulfonamides is 1. The van der Waals surface area contributed by atoms with Crippen molar-refractivity contribution in [3.8, 4) is 11.5 Å². The molecule has 0 bridgehead atoms. The van der Waals surface area contributed by atoms with Gasteiger partial charge in [-0.15, -0.1) is 0 Å². The zero-order valence-electron chi connectivity index (χ0n) is 18.0. The summed E-state index contributed by atoms with van der Waals surface area (Å²) >= 11 is 0. The smallest absolute Gasteiger partial charge is 0.261 e. The van der Waals surface area contributed by atoms with Crippen molar-refractivity contribution >= 4 is 33.4 Å². The second-order valence-electron chi connectivity index (χ2n) is 6.81. The normalized spacial score (nSPS) is 11.2. The summed E-state index contributed by atoms with van der Waals surface area (Å²) in [4.78, 5) is 12.2. The molecule has 0 atom stereocenters. The maximum atomic E-state index is 13.3. The highest BCUT2D eigenvalue weighted by atomic mass is 32.2. The molecule has 3 aromatic carbocycles. The van der Waals surface area contributed by atoms with Crippen LogP contribution in [-0.2, 0) is 14.8 Å². The topological polar surface area (TPSA) is 93.7 Å². The lowest BCUT2D eigenvalue weighted by atomic mass is 10.2. The molecule has 3 aromatic rings. The van der Waals surface area contributed by atoms with Crippen molar-refractivity contribution < 1.29 is 27.1 Å². The van der Waals surface area contributed by atoms with E-state index >= 15 is 0 Å². The number of carbonyl (C=O) groups is 1. The van der Waals surface area contributed by atoms with Crippen LogP contribution in [0.15, 0.2) is 77.7 Å². The van der Waals surface area contributed by atoms with Gasteiger partial charge in [-0.25, -0.2) is 12.8 Å². The average Bonchev–Trinajstić information content (AvgIpc) is 2.78. The van der Waals surface area contributed by atoms with Crippen LogP contribution in [0.25, 0.3) is 6.08 Å². The highest BCUT2D eigenvalue weighted by molar-refractivity contribution is 7.92. The molecule has 2 N–H and O–H groups in total. The molecule has 0 aliphatic heterocycles. The molecule has 0 aromatic heterocycles. The molecule has 9 heteroatoms. The maximum absolute atomic E-state index is 13.3. The highest BCUT2D eigenvalue weighted by Crippen LogP contribution is 2.28. The van der Waals surface area contributed by atoms with Crippen LogP contribution in [0.3, 0.4) is 0 Å². The number of benzene rings is 3. The van der Waals surface area contributed by atoms with Crippen LogP contribution in [-0.4, -0.2) is 28.0 Å². The molecule has 0 saturated carbocycles. The van der Waals surface area contributed by atoms with Gasteiger partial charge in [0.15, 0.2) is 11.5 Å². The Hall–Kier alpha value is -3.85. The van der Waals surface area contributed by atoms with E-state index in [0.29, 0.717) is 23.8 Å². The van der Waals surface area contributed by atoms with Crippen molar-refractivity contribution in [1.82, 2.24) is 0 Å². The van der Waals surface area contributed by atoms with E-state index < -0.39 is 21.7 Å². The minimum Gasteiger partial charge on any atom is -0.493 e. The van der Waals surface area contributed by atoms with Gasteiger partial charge in [0.1, 0.15) is 5.82 Å². The van der Waals surface area contributed by atoms with E-state index in [9.17, 15) is 17.6 Å². The van der Waals surface area contributed by atoms with Crippen molar-refractivity contribution in [2.24, 2.45) is 0 Å². The number of halogens is 1. The van der Waals surface area contributed by atoms with Crippen molar-refractivity contribution in [2.45, 2.75) is 11.8 Å². The van der Waals surface area contributed by atoms with Crippen LogP contribution in [0, 0.1) is 5.82 Å². The van der Waals surface area contributed by atoms with Crippen LogP contribution >= 0.6 is 0 Å². The van der Waals surface area contributed by atoms with E-state index in [1.54, 1.807) is 31.4 Å². The van der Waals surface area contributed by atoms with Crippen LogP contribution in [0.2, 0.25) is 0 Å². The lowest BCUT2D eigenvalue weighted by molar-refractivity contribution is -0.111. The predicted octanol–water partition coefficient (Wildman–Crippen LogP) is 4.69. The number of carbonyl (C=O) groups excluding carboxylic acids is 1. The largest absolute Gasteiger partial charge is 0.493 e. The number of ether oxygens (including phenoxy) is 2. The fraction of sp³-hybridized carbons (Fsp3) is 0.125.